The van der Waals surface area contributed by atoms with Crippen LogP contribution in [0.2, 0.25) is 0 Å². The predicted molar refractivity (Wildman–Crippen MR) is 61.9 cm³/mol. The van der Waals surface area contributed by atoms with Crippen LogP contribution in [0.1, 0.15) is 19.6 Å². The number of hydrogen-bond donors (Lipinski definition) is 2. The van der Waals surface area contributed by atoms with E-state index in [9.17, 15) is 14.7 Å². The first-order chi connectivity index (χ1) is 8.97. The van der Waals surface area contributed by atoms with Crippen LogP contribution in [-0.4, -0.2) is 44.4 Å². The van der Waals surface area contributed by atoms with Gasteiger partial charge < -0.3 is 20.3 Å². The summed E-state index contributed by atoms with van der Waals surface area (Å²) in [6.07, 6.45) is -0.842. The van der Waals surface area contributed by atoms with Crippen molar-refractivity contribution in [3.05, 3.63) is 16.8 Å². The Bertz CT molecular complexity index is 531. The second-order valence-corrected chi connectivity index (χ2v) is 4.14. The number of carbonyl (C=O) groups is 1. The van der Waals surface area contributed by atoms with Crippen LogP contribution in [0.5, 0.6) is 0 Å². The van der Waals surface area contributed by atoms with Crippen LogP contribution in [0.3, 0.4) is 0 Å². The maximum absolute atomic E-state index is 11.6. The number of anilines is 1. The molecule has 1 saturated heterocycles. The SMILES string of the molecule is CC(=O)OC[C@H]1OC(n2cnc(N)nc2=O)CC1O. The van der Waals surface area contributed by atoms with E-state index in [-0.39, 0.29) is 19.0 Å². The summed E-state index contributed by atoms with van der Waals surface area (Å²) in [4.78, 5) is 29.5. The molecule has 0 spiro atoms. The van der Waals surface area contributed by atoms with Crippen LogP contribution in [0.15, 0.2) is 11.1 Å². The van der Waals surface area contributed by atoms with Gasteiger partial charge in [-0.2, -0.15) is 4.98 Å². The lowest BCUT2D eigenvalue weighted by Crippen LogP contribution is -2.29. The summed E-state index contributed by atoms with van der Waals surface area (Å²) in [6, 6.07) is 0. The van der Waals surface area contributed by atoms with Gasteiger partial charge in [-0.3, -0.25) is 9.36 Å². The molecule has 9 heteroatoms. The van der Waals surface area contributed by atoms with E-state index in [1.807, 2.05) is 0 Å². The summed E-state index contributed by atoms with van der Waals surface area (Å²) in [5.74, 6) is -0.594. The van der Waals surface area contributed by atoms with Crippen molar-refractivity contribution < 1.29 is 19.4 Å². The predicted octanol–water partition coefficient (Wildman–Crippen LogP) is -1.57. The molecule has 1 aromatic rings. The Morgan fingerprint density at radius 2 is 2.47 bits per heavy atom. The zero-order valence-corrected chi connectivity index (χ0v) is 10.2. The lowest BCUT2D eigenvalue weighted by atomic mass is 10.2. The van der Waals surface area contributed by atoms with Gasteiger partial charge in [-0.15, -0.1) is 0 Å². The minimum absolute atomic E-state index is 0.0718. The average molecular weight is 270 g/mol. The van der Waals surface area contributed by atoms with Gasteiger partial charge in [0.1, 0.15) is 25.3 Å². The quantitative estimate of drug-likeness (QED) is 0.630. The summed E-state index contributed by atoms with van der Waals surface area (Å²) in [7, 11) is 0. The molecule has 3 atom stereocenters. The standard InChI is InChI=1S/C10H14N4O5/c1-5(15)18-3-7-6(16)2-8(19-7)14-4-12-9(11)13-10(14)17/h4,6-8,16H,2-3H2,1H3,(H2,11,13,17)/t6?,7-,8?/m1/s1. The lowest BCUT2D eigenvalue weighted by Gasteiger charge is -2.15. The number of rotatable bonds is 3. The van der Waals surface area contributed by atoms with Gasteiger partial charge in [0.25, 0.3) is 0 Å². The highest BCUT2D eigenvalue weighted by molar-refractivity contribution is 5.65. The normalized spacial score (nSPS) is 26.3. The molecule has 1 aromatic heterocycles. The first-order valence-electron chi connectivity index (χ1n) is 5.65. The van der Waals surface area contributed by atoms with Crippen molar-refractivity contribution in [3.8, 4) is 0 Å². The highest BCUT2D eigenvalue weighted by atomic mass is 16.6. The zero-order valence-electron chi connectivity index (χ0n) is 10.2. The Balaban J connectivity index is 2.07. The van der Waals surface area contributed by atoms with Gasteiger partial charge in [-0.1, -0.05) is 0 Å². The topological polar surface area (TPSA) is 130 Å². The van der Waals surface area contributed by atoms with Gasteiger partial charge in [0.2, 0.25) is 5.95 Å². The van der Waals surface area contributed by atoms with E-state index in [1.54, 1.807) is 0 Å². The molecule has 1 aliphatic heterocycles. The van der Waals surface area contributed by atoms with Crippen LogP contribution in [-0.2, 0) is 14.3 Å². The van der Waals surface area contributed by atoms with E-state index in [4.69, 9.17) is 15.2 Å². The molecule has 0 radical (unpaired) electrons. The van der Waals surface area contributed by atoms with E-state index >= 15 is 0 Å². The fraction of sp³-hybridized carbons (Fsp3) is 0.600. The van der Waals surface area contributed by atoms with E-state index in [0.29, 0.717) is 0 Å². The number of aromatic nitrogens is 3. The smallest absolute Gasteiger partial charge is 0.354 e. The maximum atomic E-state index is 11.6. The highest BCUT2D eigenvalue weighted by Crippen LogP contribution is 2.27. The first-order valence-corrected chi connectivity index (χ1v) is 5.65. The number of nitrogen functional groups attached to an aromatic ring is 1. The fourth-order valence-corrected chi connectivity index (χ4v) is 1.79. The van der Waals surface area contributed by atoms with Crippen molar-refractivity contribution in [3.63, 3.8) is 0 Å². The Morgan fingerprint density at radius 3 is 3.11 bits per heavy atom. The molecule has 19 heavy (non-hydrogen) atoms. The number of nitrogens with zero attached hydrogens (tertiary/aromatic N) is 3. The minimum Gasteiger partial charge on any atom is -0.463 e. The van der Waals surface area contributed by atoms with E-state index in [2.05, 4.69) is 9.97 Å². The maximum Gasteiger partial charge on any atom is 0.354 e. The Labute approximate surface area is 108 Å². The van der Waals surface area contributed by atoms with Crippen molar-refractivity contribution in [2.24, 2.45) is 0 Å². The molecule has 104 valence electrons. The van der Waals surface area contributed by atoms with Crippen molar-refractivity contribution in [1.82, 2.24) is 14.5 Å². The Hall–Kier alpha value is -2.00. The third kappa shape index (κ3) is 3.06. The molecule has 0 bridgehead atoms. The zero-order chi connectivity index (χ0) is 14.0. The minimum atomic E-state index is -0.839. The molecule has 0 aromatic carbocycles. The summed E-state index contributed by atoms with van der Waals surface area (Å²) in [5, 5.41) is 9.78. The van der Waals surface area contributed by atoms with Crippen LogP contribution in [0, 0.1) is 0 Å². The molecule has 3 N–H and O–H groups in total. The average Bonchev–Trinajstić information content (AvgIpc) is 2.67. The van der Waals surface area contributed by atoms with Crippen LogP contribution in [0.25, 0.3) is 0 Å². The van der Waals surface area contributed by atoms with Gasteiger partial charge in [-0.25, -0.2) is 9.78 Å². The van der Waals surface area contributed by atoms with Crippen molar-refractivity contribution in [2.75, 3.05) is 12.3 Å². The van der Waals surface area contributed by atoms with Gasteiger partial charge in [0.05, 0.1) is 6.10 Å². The van der Waals surface area contributed by atoms with Crippen molar-refractivity contribution >= 4 is 11.9 Å². The summed E-state index contributed by atoms with van der Waals surface area (Å²) < 4.78 is 11.3. The highest BCUT2D eigenvalue weighted by Gasteiger charge is 2.36. The van der Waals surface area contributed by atoms with E-state index in [0.717, 1.165) is 4.57 Å². The molecule has 2 rings (SSSR count). The number of nitrogens with two attached hydrogens (primary N) is 1. The number of aliphatic hydroxyl groups is 1. The number of hydrogen-bond acceptors (Lipinski definition) is 8. The third-order valence-electron chi connectivity index (χ3n) is 2.71. The molecule has 2 unspecified atom stereocenters. The fourth-order valence-electron chi connectivity index (χ4n) is 1.79. The Kier molecular flexibility index (Phi) is 3.76. The van der Waals surface area contributed by atoms with Gasteiger partial charge in [-0.05, 0) is 0 Å². The van der Waals surface area contributed by atoms with Crippen LogP contribution < -0.4 is 11.4 Å². The van der Waals surface area contributed by atoms with Gasteiger partial charge in [0, 0.05) is 13.3 Å². The monoisotopic (exact) mass is 270 g/mol. The summed E-state index contributed by atoms with van der Waals surface area (Å²) in [6.45, 7) is 1.19. The Morgan fingerprint density at radius 1 is 1.74 bits per heavy atom. The lowest BCUT2D eigenvalue weighted by molar-refractivity contribution is -0.147. The van der Waals surface area contributed by atoms with Gasteiger partial charge >= 0.3 is 11.7 Å². The van der Waals surface area contributed by atoms with Gasteiger partial charge in [0.15, 0.2) is 0 Å². The van der Waals surface area contributed by atoms with E-state index in [1.165, 1.54) is 13.3 Å². The second kappa shape index (κ2) is 5.33. The summed E-state index contributed by atoms with van der Waals surface area (Å²) >= 11 is 0. The number of esters is 1. The largest absolute Gasteiger partial charge is 0.463 e. The first kappa shape index (κ1) is 13.4. The number of ether oxygens (including phenoxy) is 2. The number of carbonyl (C=O) groups excluding carboxylic acids is 1. The molecular formula is C10H14N4O5. The molecule has 0 aliphatic carbocycles. The van der Waals surface area contributed by atoms with Crippen LogP contribution in [0.4, 0.5) is 5.95 Å². The molecule has 1 aliphatic rings. The second-order valence-electron chi connectivity index (χ2n) is 4.14. The molecule has 2 heterocycles. The van der Waals surface area contributed by atoms with Crippen molar-refractivity contribution in [1.29, 1.82) is 0 Å². The molecule has 1 fully saturated rings. The van der Waals surface area contributed by atoms with Crippen molar-refractivity contribution in [2.45, 2.75) is 31.8 Å². The molecule has 9 nitrogen and oxygen atoms in total. The molecule has 0 amide bonds. The molecular weight excluding hydrogens is 256 g/mol. The summed E-state index contributed by atoms with van der Waals surface area (Å²) in [5.41, 5.74) is 4.67. The molecule has 0 saturated carbocycles. The van der Waals surface area contributed by atoms with Crippen LogP contribution >= 0.6 is 0 Å². The number of aliphatic hydroxyl groups excluding tert-OH is 1. The van der Waals surface area contributed by atoms with E-state index < -0.39 is 30.1 Å². The third-order valence-corrected chi connectivity index (χ3v) is 2.71.